The fourth-order valence-corrected chi connectivity index (χ4v) is 5.20. The highest BCUT2D eigenvalue weighted by Gasteiger charge is 2.29. The van der Waals surface area contributed by atoms with Crippen molar-refractivity contribution in [3.05, 3.63) is 23.3 Å². The van der Waals surface area contributed by atoms with E-state index in [2.05, 4.69) is 24.0 Å². The third-order valence-electron chi connectivity index (χ3n) is 5.22. The van der Waals surface area contributed by atoms with Gasteiger partial charge in [0.05, 0.1) is 11.9 Å². The number of hydrogen-bond acceptors (Lipinski definition) is 5. The molecule has 1 aromatic carbocycles. The van der Waals surface area contributed by atoms with Gasteiger partial charge in [0.2, 0.25) is 0 Å². The van der Waals surface area contributed by atoms with Crippen molar-refractivity contribution in [1.29, 1.82) is 0 Å². The standard InChI is InChI=1S/C19H29NO4S/c1-4-23-18-11-15-10-14(3)24-19(15)12-16(18)13-20-8-6-17(7-9-20)25(21,22)5-2/h11-12,14,17H,4-10,13H2,1-3H3. The van der Waals surface area contributed by atoms with E-state index in [0.717, 1.165) is 56.0 Å². The molecule has 0 radical (unpaired) electrons. The zero-order chi connectivity index (χ0) is 18.0. The number of ether oxygens (including phenoxy) is 2. The zero-order valence-corrected chi connectivity index (χ0v) is 16.3. The molecule has 1 fully saturated rings. The van der Waals surface area contributed by atoms with Crippen LogP contribution in [0, 0.1) is 0 Å². The van der Waals surface area contributed by atoms with E-state index in [0.29, 0.717) is 6.61 Å². The highest BCUT2D eigenvalue weighted by atomic mass is 32.2. The predicted octanol–water partition coefficient (Wildman–Crippen LogP) is 2.81. The third-order valence-corrected chi connectivity index (χ3v) is 7.51. The Morgan fingerprint density at radius 3 is 2.60 bits per heavy atom. The topological polar surface area (TPSA) is 55.8 Å². The predicted molar refractivity (Wildman–Crippen MR) is 99.2 cm³/mol. The van der Waals surface area contributed by atoms with Gasteiger partial charge in [-0.3, -0.25) is 4.90 Å². The summed E-state index contributed by atoms with van der Waals surface area (Å²) in [4.78, 5) is 2.32. The molecule has 6 heteroatoms. The SMILES string of the molecule is CCOc1cc2c(cc1CN1CCC(S(=O)(=O)CC)CC1)OC(C)C2. The van der Waals surface area contributed by atoms with Crippen LogP contribution in [0.4, 0.5) is 0 Å². The van der Waals surface area contributed by atoms with Gasteiger partial charge in [-0.1, -0.05) is 6.92 Å². The van der Waals surface area contributed by atoms with Crippen LogP contribution < -0.4 is 9.47 Å². The first-order chi connectivity index (χ1) is 11.9. The monoisotopic (exact) mass is 367 g/mol. The molecule has 1 aromatic rings. The van der Waals surface area contributed by atoms with Crippen LogP contribution in [-0.4, -0.2) is 50.1 Å². The van der Waals surface area contributed by atoms with Gasteiger partial charge in [0.15, 0.2) is 9.84 Å². The summed E-state index contributed by atoms with van der Waals surface area (Å²) in [5, 5.41) is -0.177. The first-order valence-corrected chi connectivity index (χ1v) is 11.0. The van der Waals surface area contributed by atoms with E-state index in [9.17, 15) is 8.42 Å². The second kappa shape index (κ2) is 7.54. The molecule has 2 aliphatic rings. The van der Waals surface area contributed by atoms with E-state index in [1.165, 1.54) is 5.56 Å². The van der Waals surface area contributed by atoms with E-state index in [1.807, 2.05) is 6.92 Å². The lowest BCUT2D eigenvalue weighted by atomic mass is 10.0. The molecule has 0 spiro atoms. The van der Waals surface area contributed by atoms with Crippen LogP contribution >= 0.6 is 0 Å². The quantitative estimate of drug-likeness (QED) is 0.774. The number of benzene rings is 1. The Morgan fingerprint density at radius 1 is 1.24 bits per heavy atom. The Labute approximate surface area is 151 Å². The molecule has 0 aromatic heterocycles. The van der Waals surface area contributed by atoms with Gasteiger partial charge in [0.25, 0.3) is 0 Å². The molecule has 0 amide bonds. The van der Waals surface area contributed by atoms with Crippen LogP contribution in [0.3, 0.4) is 0 Å². The van der Waals surface area contributed by atoms with Crippen LogP contribution in [0.1, 0.15) is 44.7 Å². The molecular weight excluding hydrogens is 338 g/mol. The van der Waals surface area contributed by atoms with Gasteiger partial charge in [-0.05, 0) is 51.9 Å². The van der Waals surface area contributed by atoms with Gasteiger partial charge in [-0.15, -0.1) is 0 Å². The van der Waals surface area contributed by atoms with Crippen molar-refractivity contribution in [3.8, 4) is 11.5 Å². The van der Waals surface area contributed by atoms with Crippen molar-refractivity contribution < 1.29 is 17.9 Å². The molecule has 1 unspecified atom stereocenters. The van der Waals surface area contributed by atoms with Gasteiger partial charge < -0.3 is 9.47 Å². The fraction of sp³-hybridized carbons (Fsp3) is 0.684. The van der Waals surface area contributed by atoms with Gasteiger partial charge in [0.1, 0.15) is 17.6 Å². The Balaban J connectivity index is 1.70. The van der Waals surface area contributed by atoms with Crippen molar-refractivity contribution >= 4 is 9.84 Å². The van der Waals surface area contributed by atoms with E-state index < -0.39 is 9.84 Å². The average Bonchev–Trinajstić information content (AvgIpc) is 2.95. The Hall–Kier alpha value is -1.27. The van der Waals surface area contributed by atoms with Gasteiger partial charge in [0, 0.05) is 29.8 Å². The van der Waals surface area contributed by atoms with Gasteiger partial charge in [-0.2, -0.15) is 0 Å². The highest BCUT2D eigenvalue weighted by molar-refractivity contribution is 7.92. The number of nitrogens with zero attached hydrogens (tertiary/aromatic N) is 1. The summed E-state index contributed by atoms with van der Waals surface area (Å²) in [6.45, 7) is 8.85. The summed E-state index contributed by atoms with van der Waals surface area (Å²) in [7, 11) is -2.92. The number of hydrogen-bond donors (Lipinski definition) is 0. The molecule has 0 saturated carbocycles. The maximum atomic E-state index is 12.1. The maximum absolute atomic E-state index is 12.1. The molecular formula is C19H29NO4S. The van der Waals surface area contributed by atoms with E-state index in [4.69, 9.17) is 9.47 Å². The van der Waals surface area contributed by atoms with Gasteiger partial charge in [-0.25, -0.2) is 8.42 Å². The van der Waals surface area contributed by atoms with Crippen molar-refractivity contribution in [2.24, 2.45) is 0 Å². The van der Waals surface area contributed by atoms with E-state index in [1.54, 1.807) is 6.92 Å². The minimum atomic E-state index is -2.92. The minimum Gasteiger partial charge on any atom is -0.494 e. The van der Waals surface area contributed by atoms with Crippen LogP contribution in [0.2, 0.25) is 0 Å². The molecule has 1 saturated heterocycles. The smallest absolute Gasteiger partial charge is 0.152 e. The van der Waals surface area contributed by atoms with E-state index >= 15 is 0 Å². The first kappa shape index (κ1) is 18.5. The Kier molecular flexibility index (Phi) is 5.58. The maximum Gasteiger partial charge on any atom is 0.152 e. The lowest BCUT2D eigenvalue weighted by molar-refractivity contribution is 0.217. The second-order valence-corrected chi connectivity index (χ2v) is 9.63. The van der Waals surface area contributed by atoms with Crippen molar-refractivity contribution in [3.63, 3.8) is 0 Å². The third kappa shape index (κ3) is 4.11. The first-order valence-electron chi connectivity index (χ1n) is 9.32. The molecule has 25 heavy (non-hydrogen) atoms. The Morgan fingerprint density at radius 2 is 1.96 bits per heavy atom. The molecule has 140 valence electrons. The van der Waals surface area contributed by atoms with Crippen LogP contribution in [-0.2, 0) is 22.8 Å². The summed E-state index contributed by atoms with van der Waals surface area (Å²) in [6.07, 6.45) is 2.59. The van der Waals surface area contributed by atoms with Crippen LogP contribution in [0.15, 0.2) is 12.1 Å². The summed E-state index contributed by atoms with van der Waals surface area (Å²) in [5.41, 5.74) is 2.35. The number of piperidine rings is 1. The van der Waals surface area contributed by atoms with Crippen molar-refractivity contribution in [2.45, 2.75) is 57.9 Å². The van der Waals surface area contributed by atoms with E-state index in [-0.39, 0.29) is 17.1 Å². The molecule has 0 bridgehead atoms. The molecule has 2 aliphatic heterocycles. The van der Waals surface area contributed by atoms with Crippen molar-refractivity contribution in [2.75, 3.05) is 25.4 Å². The molecule has 3 rings (SSSR count). The molecule has 0 aliphatic carbocycles. The summed E-state index contributed by atoms with van der Waals surface area (Å²) in [6, 6.07) is 4.23. The second-order valence-electron chi connectivity index (χ2n) is 7.06. The summed E-state index contributed by atoms with van der Waals surface area (Å²) >= 11 is 0. The minimum absolute atomic E-state index is 0.177. The Bertz CT molecular complexity index is 708. The van der Waals surface area contributed by atoms with Crippen molar-refractivity contribution in [1.82, 2.24) is 4.90 Å². The number of sulfone groups is 1. The molecule has 2 heterocycles. The largest absolute Gasteiger partial charge is 0.494 e. The van der Waals surface area contributed by atoms with Crippen LogP contribution in [0.5, 0.6) is 11.5 Å². The number of fused-ring (bicyclic) bond motifs is 1. The molecule has 0 N–H and O–H groups in total. The highest BCUT2D eigenvalue weighted by Crippen LogP contribution is 2.36. The lowest BCUT2D eigenvalue weighted by Gasteiger charge is -2.32. The number of likely N-dealkylation sites (tertiary alicyclic amines) is 1. The molecule has 5 nitrogen and oxygen atoms in total. The van der Waals surface area contributed by atoms with Crippen LogP contribution in [0.25, 0.3) is 0 Å². The number of rotatable bonds is 6. The fourth-order valence-electron chi connectivity index (χ4n) is 3.80. The van der Waals surface area contributed by atoms with Gasteiger partial charge >= 0.3 is 0 Å². The summed E-state index contributed by atoms with van der Waals surface area (Å²) in [5.74, 6) is 2.14. The lowest BCUT2D eigenvalue weighted by Crippen LogP contribution is -2.39. The normalized spacial score (nSPS) is 21.8. The summed E-state index contributed by atoms with van der Waals surface area (Å²) < 4.78 is 35.9. The average molecular weight is 368 g/mol. The zero-order valence-electron chi connectivity index (χ0n) is 15.5. The molecule has 1 atom stereocenters.